The first-order valence-corrected chi connectivity index (χ1v) is 8.80. The molecule has 18 heavy (non-hydrogen) atoms. The number of hydrogen-bond acceptors (Lipinski definition) is 2. The summed E-state index contributed by atoms with van der Waals surface area (Å²) in [7, 11) is -3.40. The largest absolute Gasteiger partial charge is 0.244 e. The fourth-order valence-corrected chi connectivity index (χ4v) is 5.19. The van der Waals surface area contributed by atoms with Crippen molar-refractivity contribution < 1.29 is 8.42 Å². The second-order valence-electron chi connectivity index (χ2n) is 4.85. The molecule has 0 N–H and O–H groups in total. The lowest BCUT2D eigenvalue weighted by Crippen LogP contribution is -2.29. The zero-order valence-electron chi connectivity index (χ0n) is 10.2. The zero-order valence-corrected chi connectivity index (χ0v) is 14.2. The summed E-state index contributed by atoms with van der Waals surface area (Å²) >= 11 is 6.63. The van der Waals surface area contributed by atoms with Crippen LogP contribution in [0.5, 0.6) is 0 Å². The topological polar surface area (TPSA) is 37.4 Å². The van der Waals surface area contributed by atoms with E-state index < -0.39 is 10.0 Å². The Balaban J connectivity index is 2.40. The normalized spacial score (nSPS) is 25.6. The molecule has 1 aromatic rings. The predicted octanol–water partition coefficient (Wildman–Crippen LogP) is 3.49. The van der Waals surface area contributed by atoms with E-state index in [0.717, 1.165) is 4.47 Å². The van der Waals surface area contributed by atoms with Gasteiger partial charge in [-0.25, -0.2) is 8.42 Å². The third-order valence-corrected chi connectivity index (χ3v) is 6.78. The van der Waals surface area contributed by atoms with Gasteiger partial charge in [-0.3, -0.25) is 0 Å². The average molecular weight is 397 g/mol. The van der Waals surface area contributed by atoms with Crippen LogP contribution in [0.3, 0.4) is 0 Å². The maximum Gasteiger partial charge on any atom is 0.244 e. The molecule has 0 aliphatic carbocycles. The van der Waals surface area contributed by atoms with E-state index in [-0.39, 0.29) is 0 Å². The van der Waals surface area contributed by atoms with Crippen molar-refractivity contribution >= 4 is 41.9 Å². The number of sulfonamides is 1. The van der Waals surface area contributed by atoms with Gasteiger partial charge in [0.15, 0.2) is 0 Å². The average Bonchev–Trinajstić information content (AvgIpc) is 2.63. The summed E-state index contributed by atoms with van der Waals surface area (Å²) in [5.41, 5.74) is 0. The summed E-state index contributed by atoms with van der Waals surface area (Å²) in [4.78, 5) is 0.332. The molecule has 1 heterocycles. The summed E-state index contributed by atoms with van der Waals surface area (Å²) in [6.07, 6.45) is 0. The second kappa shape index (κ2) is 5.23. The molecule has 2 atom stereocenters. The Hall–Kier alpha value is 0.0900. The number of benzene rings is 1. The van der Waals surface area contributed by atoms with Crippen LogP contribution in [0.4, 0.5) is 0 Å². The first-order chi connectivity index (χ1) is 8.32. The van der Waals surface area contributed by atoms with Gasteiger partial charge in [0.2, 0.25) is 10.0 Å². The SMILES string of the molecule is CC1CN(S(=O)(=O)c2cc(Br)ccc2Br)CC1C. The van der Waals surface area contributed by atoms with Crippen molar-refractivity contribution in [3.63, 3.8) is 0 Å². The molecule has 1 aliphatic heterocycles. The van der Waals surface area contributed by atoms with Crippen LogP contribution in [0.15, 0.2) is 32.0 Å². The minimum atomic E-state index is -3.40. The lowest BCUT2D eigenvalue weighted by molar-refractivity contribution is 0.463. The van der Waals surface area contributed by atoms with Gasteiger partial charge in [0, 0.05) is 22.0 Å². The van der Waals surface area contributed by atoms with Gasteiger partial charge in [-0.1, -0.05) is 29.8 Å². The van der Waals surface area contributed by atoms with Crippen LogP contribution in [-0.4, -0.2) is 25.8 Å². The Bertz CT molecular complexity index is 549. The van der Waals surface area contributed by atoms with Crippen LogP contribution >= 0.6 is 31.9 Å². The fraction of sp³-hybridized carbons (Fsp3) is 0.500. The highest BCUT2D eigenvalue weighted by Crippen LogP contribution is 2.32. The highest BCUT2D eigenvalue weighted by atomic mass is 79.9. The molecule has 1 aliphatic rings. The highest BCUT2D eigenvalue weighted by Gasteiger charge is 2.35. The zero-order chi connectivity index (χ0) is 13.5. The molecule has 1 saturated heterocycles. The van der Waals surface area contributed by atoms with Crippen LogP contribution in [0.1, 0.15) is 13.8 Å². The molecule has 2 rings (SSSR count). The van der Waals surface area contributed by atoms with E-state index in [0.29, 0.717) is 34.3 Å². The van der Waals surface area contributed by atoms with E-state index in [2.05, 4.69) is 45.7 Å². The van der Waals surface area contributed by atoms with Crippen molar-refractivity contribution in [3.8, 4) is 0 Å². The number of hydrogen-bond donors (Lipinski definition) is 0. The van der Waals surface area contributed by atoms with Gasteiger partial charge >= 0.3 is 0 Å². The summed E-state index contributed by atoms with van der Waals surface area (Å²) < 4.78 is 28.1. The third kappa shape index (κ3) is 2.66. The highest BCUT2D eigenvalue weighted by molar-refractivity contribution is 9.11. The minimum absolute atomic E-state index is 0.332. The minimum Gasteiger partial charge on any atom is -0.207 e. The number of halogens is 2. The maximum absolute atomic E-state index is 12.6. The molecule has 100 valence electrons. The van der Waals surface area contributed by atoms with E-state index in [1.807, 2.05) is 6.07 Å². The van der Waals surface area contributed by atoms with Gasteiger partial charge in [-0.05, 0) is 46.0 Å². The standard InChI is InChI=1S/C12H15Br2NO2S/c1-8-6-15(7-9(8)2)18(16,17)12-5-10(13)3-4-11(12)14/h3-5,8-9H,6-7H2,1-2H3. The first-order valence-electron chi connectivity index (χ1n) is 5.77. The Kier molecular flexibility index (Phi) is 4.21. The molecule has 1 fully saturated rings. The Morgan fingerprint density at radius 3 is 2.28 bits per heavy atom. The summed E-state index contributed by atoms with van der Waals surface area (Å²) in [5.74, 6) is 0.816. The second-order valence-corrected chi connectivity index (χ2v) is 8.53. The van der Waals surface area contributed by atoms with Crippen LogP contribution < -0.4 is 0 Å². The molecule has 0 saturated carbocycles. The van der Waals surface area contributed by atoms with Gasteiger partial charge in [-0.2, -0.15) is 4.31 Å². The fourth-order valence-electron chi connectivity index (χ4n) is 2.09. The van der Waals surface area contributed by atoms with Crippen molar-refractivity contribution in [2.45, 2.75) is 18.7 Å². The Morgan fingerprint density at radius 2 is 1.72 bits per heavy atom. The van der Waals surface area contributed by atoms with Crippen molar-refractivity contribution in [3.05, 3.63) is 27.1 Å². The smallest absolute Gasteiger partial charge is 0.207 e. The summed E-state index contributed by atoms with van der Waals surface area (Å²) in [6, 6.07) is 5.21. The van der Waals surface area contributed by atoms with Gasteiger partial charge in [0.25, 0.3) is 0 Å². The first kappa shape index (κ1) is 14.5. The molecule has 6 heteroatoms. The molecule has 3 nitrogen and oxygen atoms in total. The molecule has 0 amide bonds. The monoisotopic (exact) mass is 395 g/mol. The van der Waals surface area contributed by atoms with Gasteiger partial charge in [0.1, 0.15) is 0 Å². The van der Waals surface area contributed by atoms with Crippen molar-refractivity contribution in [1.82, 2.24) is 4.31 Å². The molecule has 0 aromatic heterocycles. The van der Waals surface area contributed by atoms with Crippen LogP contribution in [-0.2, 0) is 10.0 Å². The molecule has 2 unspecified atom stereocenters. The molecule has 1 aromatic carbocycles. The van der Waals surface area contributed by atoms with E-state index in [1.54, 1.807) is 16.4 Å². The lowest BCUT2D eigenvalue weighted by Gasteiger charge is -2.17. The Labute approximate surface area is 125 Å². The van der Waals surface area contributed by atoms with E-state index >= 15 is 0 Å². The lowest BCUT2D eigenvalue weighted by atomic mass is 10.0. The van der Waals surface area contributed by atoms with Gasteiger partial charge in [0.05, 0.1) is 4.90 Å². The number of rotatable bonds is 2. The number of nitrogens with zero attached hydrogens (tertiary/aromatic N) is 1. The molecular weight excluding hydrogens is 382 g/mol. The molecule has 0 bridgehead atoms. The van der Waals surface area contributed by atoms with Gasteiger partial charge < -0.3 is 0 Å². The van der Waals surface area contributed by atoms with Crippen LogP contribution in [0, 0.1) is 11.8 Å². The van der Waals surface area contributed by atoms with Crippen molar-refractivity contribution in [2.75, 3.05) is 13.1 Å². The summed E-state index contributed by atoms with van der Waals surface area (Å²) in [6.45, 7) is 5.39. The van der Waals surface area contributed by atoms with E-state index in [9.17, 15) is 8.42 Å². The van der Waals surface area contributed by atoms with Crippen LogP contribution in [0.2, 0.25) is 0 Å². The van der Waals surface area contributed by atoms with E-state index in [4.69, 9.17) is 0 Å². The van der Waals surface area contributed by atoms with Crippen LogP contribution in [0.25, 0.3) is 0 Å². The quantitative estimate of drug-likeness (QED) is 0.767. The van der Waals surface area contributed by atoms with Crippen molar-refractivity contribution in [2.24, 2.45) is 11.8 Å². The van der Waals surface area contributed by atoms with Gasteiger partial charge in [-0.15, -0.1) is 0 Å². The summed E-state index contributed by atoms with van der Waals surface area (Å²) in [5, 5.41) is 0. The molecule has 0 spiro atoms. The van der Waals surface area contributed by atoms with E-state index in [1.165, 1.54) is 0 Å². The van der Waals surface area contributed by atoms with Crippen molar-refractivity contribution in [1.29, 1.82) is 0 Å². The Morgan fingerprint density at radius 1 is 1.17 bits per heavy atom. The maximum atomic E-state index is 12.6. The molecular formula is C12H15Br2NO2S. The third-order valence-electron chi connectivity index (χ3n) is 3.47. The predicted molar refractivity (Wildman–Crippen MR) is 78.9 cm³/mol. The molecule has 0 radical (unpaired) electrons.